The van der Waals surface area contributed by atoms with E-state index in [1.807, 2.05) is 36.4 Å². The molecule has 5 heteroatoms. The second-order valence-corrected chi connectivity index (χ2v) is 7.40. The van der Waals surface area contributed by atoms with Crippen molar-refractivity contribution in [3.63, 3.8) is 0 Å². The summed E-state index contributed by atoms with van der Waals surface area (Å²) in [7, 11) is 0. The predicted molar refractivity (Wildman–Crippen MR) is 107 cm³/mol. The minimum Gasteiger partial charge on any atom is -0.493 e. The molecule has 148 valence electrons. The van der Waals surface area contributed by atoms with E-state index in [9.17, 15) is 4.79 Å². The van der Waals surface area contributed by atoms with E-state index >= 15 is 0 Å². The molecule has 1 amide bonds. The molecule has 1 heterocycles. The zero-order valence-corrected chi connectivity index (χ0v) is 16.1. The average Bonchev–Trinajstić information content (AvgIpc) is 3.57. The third-order valence-corrected chi connectivity index (χ3v) is 5.30. The van der Waals surface area contributed by atoms with Gasteiger partial charge in [-0.2, -0.15) is 0 Å². The van der Waals surface area contributed by atoms with E-state index in [4.69, 9.17) is 14.2 Å². The lowest BCUT2D eigenvalue weighted by Gasteiger charge is -2.22. The van der Waals surface area contributed by atoms with Crippen molar-refractivity contribution < 1.29 is 19.0 Å². The summed E-state index contributed by atoms with van der Waals surface area (Å²) in [5.41, 5.74) is 1.29. The number of para-hydroxylation sites is 1. The predicted octanol–water partition coefficient (Wildman–Crippen LogP) is 3.93. The maximum Gasteiger partial charge on any atom is 0.223 e. The lowest BCUT2D eigenvalue weighted by atomic mass is 9.90. The van der Waals surface area contributed by atoms with Crippen LogP contribution >= 0.6 is 0 Å². The number of ether oxygens (including phenoxy) is 3. The van der Waals surface area contributed by atoms with Crippen LogP contribution in [0.2, 0.25) is 0 Å². The lowest BCUT2D eigenvalue weighted by Crippen LogP contribution is -2.27. The van der Waals surface area contributed by atoms with Gasteiger partial charge in [-0.3, -0.25) is 4.79 Å². The summed E-state index contributed by atoms with van der Waals surface area (Å²) in [6.45, 7) is 2.29. The Morgan fingerprint density at radius 1 is 1.07 bits per heavy atom. The van der Waals surface area contributed by atoms with Crippen LogP contribution in [0.25, 0.3) is 0 Å². The maximum atomic E-state index is 12.1. The maximum absolute atomic E-state index is 12.1. The molecule has 1 fully saturated rings. The molecular weight excluding hydrogens is 354 g/mol. The number of amides is 1. The summed E-state index contributed by atoms with van der Waals surface area (Å²) in [4.78, 5) is 12.1. The summed E-state index contributed by atoms with van der Waals surface area (Å²) >= 11 is 0. The fraction of sp³-hybridized carbons (Fsp3) is 0.435. The van der Waals surface area contributed by atoms with Gasteiger partial charge in [0, 0.05) is 6.54 Å². The molecule has 0 aromatic heterocycles. The van der Waals surface area contributed by atoms with Crippen molar-refractivity contribution in [2.75, 3.05) is 26.4 Å². The molecule has 0 saturated heterocycles. The first-order chi connectivity index (χ1) is 13.8. The van der Waals surface area contributed by atoms with E-state index in [-0.39, 0.29) is 5.91 Å². The van der Waals surface area contributed by atoms with Gasteiger partial charge in [0.15, 0.2) is 11.5 Å². The fourth-order valence-electron chi connectivity index (χ4n) is 3.70. The number of carbonyl (C=O) groups excluding carboxylic acids is 1. The van der Waals surface area contributed by atoms with E-state index in [0.717, 1.165) is 23.7 Å². The molecule has 1 aliphatic heterocycles. The third-order valence-electron chi connectivity index (χ3n) is 5.30. The van der Waals surface area contributed by atoms with Crippen molar-refractivity contribution in [3.8, 4) is 17.2 Å². The van der Waals surface area contributed by atoms with Gasteiger partial charge in [0.25, 0.3) is 0 Å². The van der Waals surface area contributed by atoms with E-state index in [1.54, 1.807) is 0 Å². The molecule has 0 bridgehead atoms. The molecule has 2 aliphatic rings. The number of hydrogen-bond donors (Lipinski definition) is 1. The van der Waals surface area contributed by atoms with Gasteiger partial charge in [0.1, 0.15) is 19.0 Å². The van der Waals surface area contributed by atoms with Gasteiger partial charge >= 0.3 is 0 Å². The van der Waals surface area contributed by atoms with Crippen LogP contribution in [0.5, 0.6) is 17.2 Å². The Bertz CT molecular complexity index is 788. The highest BCUT2D eigenvalue weighted by molar-refractivity contribution is 5.75. The first-order valence-corrected chi connectivity index (χ1v) is 10.1. The summed E-state index contributed by atoms with van der Waals surface area (Å²) in [5, 5.41) is 3.04. The molecule has 0 spiro atoms. The molecule has 0 radical (unpaired) electrons. The van der Waals surface area contributed by atoms with Crippen LogP contribution in [-0.4, -0.2) is 32.3 Å². The molecule has 2 aromatic rings. The van der Waals surface area contributed by atoms with Gasteiger partial charge < -0.3 is 19.5 Å². The molecule has 1 saturated carbocycles. The second-order valence-electron chi connectivity index (χ2n) is 7.40. The van der Waals surface area contributed by atoms with Crippen LogP contribution in [0.4, 0.5) is 0 Å². The fourth-order valence-corrected chi connectivity index (χ4v) is 3.70. The average molecular weight is 381 g/mol. The largest absolute Gasteiger partial charge is 0.493 e. The van der Waals surface area contributed by atoms with Crippen LogP contribution in [-0.2, 0) is 4.79 Å². The van der Waals surface area contributed by atoms with E-state index < -0.39 is 0 Å². The van der Waals surface area contributed by atoms with Crippen molar-refractivity contribution >= 4 is 5.91 Å². The molecular formula is C23H27NO4. The van der Waals surface area contributed by atoms with Gasteiger partial charge in [-0.25, -0.2) is 0 Å². The zero-order valence-electron chi connectivity index (χ0n) is 16.1. The third kappa shape index (κ3) is 4.97. The summed E-state index contributed by atoms with van der Waals surface area (Å²) < 4.78 is 16.9. The van der Waals surface area contributed by atoms with Gasteiger partial charge in [0.05, 0.1) is 13.0 Å². The van der Waals surface area contributed by atoms with Crippen molar-refractivity contribution in [2.24, 2.45) is 5.92 Å². The van der Waals surface area contributed by atoms with Crippen LogP contribution < -0.4 is 19.5 Å². The van der Waals surface area contributed by atoms with Crippen LogP contribution in [0.3, 0.4) is 0 Å². The monoisotopic (exact) mass is 381 g/mol. The first-order valence-electron chi connectivity index (χ1n) is 10.1. The molecule has 28 heavy (non-hydrogen) atoms. The molecule has 1 aliphatic carbocycles. The zero-order chi connectivity index (χ0) is 19.2. The minimum atomic E-state index is 0.0349. The topological polar surface area (TPSA) is 56.8 Å². The highest BCUT2D eigenvalue weighted by Gasteiger charge is 2.32. The number of nitrogens with one attached hydrogen (secondary N) is 1. The smallest absolute Gasteiger partial charge is 0.223 e. The standard InChI is InChI=1S/C23H27NO4/c25-23(11-13-26-19-4-2-1-3-5-19)24-12-10-20(17-6-7-17)18-8-9-21-22(16-18)28-15-14-27-21/h1-5,8-9,16-17,20H,6-7,10-15H2,(H,24,25). The number of hydrogen-bond acceptors (Lipinski definition) is 4. The number of benzene rings is 2. The van der Waals surface area contributed by atoms with Gasteiger partial charge in [-0.1, -0.05) is 24.3 Å². The second kappa shape index (κ2) is 9.00. The Kier molecular flexibility index (Phi) is 6.00. The molecule has 1 N–H and O–H groups in total. The van der Waals surface area contributed by atoms with Crippen LogP contribution in [0.15, 0.2) is 48.5 Å². The molecule has 5 nitrogen and oxygen atoms in total. The van der Waals surface area contributed by atoms with Crippen molar-refractivity contribution in [1.82, 2.24) is 5.32 Å². The Morgan fingerprint density at radius 3 is 2.64 bits per heavy atom. The highest BCUT2D eigenvalue weighted by Crippen LogP contribution is 2.46. The summed E-state index contributed by atoms with van der Waals surface area (Å²) in [5.74, 6) is 3.67. The molecule has 1 unspecified atom stereocenters. The van der Waals surface area contributed by atoms with E-state index in [2.05, 4.69) is 17.4 Å². The van der Waals surface area contributed by atoms with E-state index in [0.29, 0.717) is 44.6 Å². The van der Waals surface area contributed by atoms with E-state index in [1.165, 1.54) is 18.4 Å². The summed E-state index contributed by atoms with van der Waals surface area (Å²) in [6, 6.07) is 15.9. The normalized spacial score (nSPS) is 16.3. The lowest BCUT2D eigenvalue weighted by molar-refractivity contribution is -0.121. The van der Waals surface area contributed by atoms with Crippen molar-refractivity contribution in [3.05, 3.63) is 54.1 Å². The molecule has 4 rings (SSSR count). The Hall–Kier alpha value is -2.69. The SMILES string of the molecule is O=C(CCOc1ccccc1)NCCC(c1ccc2c(c1)OCCO2)C1CC1. The Balaban J connectivity index is 1.24. The molecule has 1 atom stereocenters. The Labute approximate surface area is 166 Å². The number of carbonyl (C=O) groups is 1. The van der Waals surface area contributed by atoms with Crippen LogP contribution in [0.1, 0.15) is 37.2 Å². The number of fused-ring (bicyclic) bond motifs is 1. The van der Waals surface area contributed by atoms with Gasteiger partial charge in [0.2, 0.25) is 5.91 Å². The quantitative estimate of drug-likeness (QED) is 0.715. The first kappa shape index (κ1) is 18.7. The van der Waals surface area contributed by atoms with Crippen molar-refractivity contribution in [1.29, 1.82) is 0 Å². The highest BCUT2D eigenvalue weighted by atomic mass is 16.6. The summed E-state index contributed by atoms with van der Waals surface area (Å²) in [6.07, 6.45) is 3.83. The van der Waals surface area contributed by atoms with Crippen molar-refractivity contribution in [2.45, 2.75) is 31.6 Å². The minimum absolute atomic E-state index is 0.0349. The van der Waals surface area contributed by atoms with Gasteiger partial charge in [-0.15, -0.1) is 0 Å². The molecule has 2 aromatic carbocycles. The Morgan fingerprint density at radius 2 is 1.86 bits per heavy atom. The van der Waals surface area contributed by atoms with Gasteiger partial charge in [-0.05, 0) is 60.9 Å². The number of rotatable bonds is 9. The van der Waals surface area contributed by atoms with Crippen LogP contribution in [0, 0.1) is 5.92 Å².